The standard InChI is InChI=1S/C15H29N3S/c1-8-15(9-2,18(6)7)13(16-5)10-14-17-11(3)12(4)19-14/h13,16H,8-10H2,1-7H3. The van der Waals surface area contributed by atoms with Gasteiger partial charge in [-0.3, -0.25) is 0 Å². The normalized spacial score (nSPS) is 14.1. The molecule has 1 aromatic rings. The smallest absolute Gasteiger partial charge is 0.0947 e. The van der Waals surface area contributed by atoms with Crippen molar-refractivity contribution < 1.29 is 0 Å². The third-order valence-electron chi connectivity index (χ3n) is 4.56. The maximum absolute atomic E-state index is 4.70. The van der Waals surface area contributed by atoms with Crippen LogP contribution in [0.2, 0.25) is 0 Å². The van der Waals surface area contributed by atoms with E-state index in [1.54, 1.807) is 0 Å². The van der Waals surface area contributed by atoms with Gasteiger partial charge in [-0.2, -0.15) is 0 Å². The van der Waals surface area contributed by atoms with Crippen molar-refractivity contribution in [1.82, 2.24) is 15.2 Å². The molecule has 1 rings (SSSR count). The third kappa shape index (κ3) is 3.36. The van der Waals surface area contributed by atoms with Crippen LogP contribution in [0.15, 0.2) is 0 Å². The van der Waals surface area contributed by atoms with Crippen LogP contribution in [0, 0.1) is 13.8 Å². The quantitative estimate of drug-likeness (QED) is 0.834. The SMILES string of the molecule is CCC(CC)(C(Cc1nc(C)c(C)s1)NC)N(C)C. The van der Waals surface area contributed by atoms with Gasteiger partial charge >= 0.3 is 0 Å². The fourth-order valence-electron chi connectivity index (χ4n) is 3.05. The van der Waals surface area contributed by atoms with Crippen molar-refractivity contribution in [3.8, 4) is 0 Å². The fraction of sp³-hybridized carbons (Fsp3) is 0.800. The predicted molar refractivity (Wildman–Crippen MR) is 85.1 cm³/mol. The van der Waals surface area contributed by atoms with Crippen molar-refractivity contribution in [2.24, 2.45) is 0 Å². The maximum Gasteiger partial charge on any atom is 0.0947 e. The molecule has 0 amide bonds. The second kappa shape index (κ2) is 6.82. The Hall–Kier alpha value is -0.450. The summed E-state index contributed by atoms with van der Waals surface area (Å²) in [6.45, 7) is 8.82. The molecule has 0 aromatic carbocycles. The van der Waals surface area contributed by atoms with E-state index in [1.807, 2.05) is 11.3 Å². The molecule has 0 spiro atoms. The fourth-order valence-corrected chi connectivity index (χ4v) is 4.03. The van der Waals surface area contributed by atoms with Gasteiger partial charge in [-0.1, -0.05) is 13.8 Å². The number of thiazole rings is 1. The van der Waals surface area contributed by atoms with E-state index in [0.29, 0.717) is 6.04 Å². The first-order valence-corrected chi connectivity index (χ1v) is 8.00. The molecule has 0 aliphatic heterocycles. The van der Waals surface area contributed by atoms with Crippen molar-refractivity contribution in [2.45, 2.75) is 58.5 Å². The van der Waals surface area contributed by atoms with E-state index < -0.39 is 0 Å². The highest BCUT2D eigenvalue weighted by molar-refractivity contribution is 7.11. The molecule has 110 valence electrons. The molecule has 1 unspecified atom stereocenters. The van der Waals surface area contributed by atoms with Crippen LogP contribution in [0.5, 0.6) is 0 Å². The van der Waals surface area contributed by atoms with E-state index in [-0.39, 0.29) is 5.54 Å². The zero-order valence-electron chi connectivity index (χ0n) is 13.5. The van der Waals surface area contributed by atoms with Crippen molar-refractivity contribution in [3.63, 3.8) is 0 Å². The van der Waals surface area contributed by atoms with E-state index in [0.717, 1.165) is 19.3 Å². The van der Waals surface area contributed by atoms with Crippen LogP contribution >= 0.6 is 11.3 Å². The minimum atomic E-state index is 0.197. The number of hydrogen-bond donors (Lipinski definition) is 1. The number of aromatic nitrogens is 1. The number of hydrogen-bond acceptors (Lipinski definition) is 4. The lowest BCUT2D eigenvalue weighted by Crippen LogP contribution is -2.58. The maximum atomic E-state index is 4.70. The zero-order chi connectivity index (χ0) is 14.6. The summed E-state index contributed by atoms with van der Waals surface area (Å²) in [6, 6.07) is 0.433. The molecule has 1 N–H and O–H groups in total. The van der Waals surface area contributed by atoms with Crippen LogP contribution in [0.3, 0.4) is 0 Å². The molecule has 0 saturated heterocycles. The summed E-state index contributed by atoms with van der Waals surface area (Å²) < 4.78 is 0. The van der Waals surface area contributed by atoms with E-state index in [4.69, 9.17) is 4.98 Å². The number of rotatable bonds is 7. The van der Waals surface area contributed by atoms with Crippen LogP contribution in [-0.4, -0.2) is 42.6 Å². The molecule has 1 atom stereocenters. The summed E-state index contributed by atoms with van der Waals surface area (Å²) in [5, 5.41) is 4.78. The van der Waals surface area contributed by atoms with E-state index in [9.17, 15) is 0 Å². The van der Waals surface area contributed by atoms with Crippen LogP contribution < -0.4 is 5.32 Å². The van der Waals surface area contributed by atoms with Gasteiger partial charge in [-0.15, -0.1) is 11.3 Å². The summed E-state index contributed by atoms with van der Waals surface area (Å²) in [5.41, 5.74) is 1.38. The molecular weight excluding hydrogens is 254 g/mol. The Bertz CT molecular complexity index is 375. The van der Waals surface area contributed by atoms with Gasteiger partial charge < -0.3 is 10.2 Å². The number of nitrogens with zero attached hydrogens (tertiary/aromatic N) is 2. The minimum Gasteiger partial charge on any atom is -0.315 e. The molecule has 0 fully saturated rings. The monoisotopic (exact) mass is 283 g/mol. The molecule has 0 bridgehead atoms. The van der Waals surface area contributed by atoms with Crippen molar-refractivity contribution in [3.05, 3.63) is 15.6 Å². The summed E-state index contributed by atoms with van der Waals surface area (Å²) in [5.74, 6) is 0. The van der Waals surface area contributed by atoms with Crippen molar-refractivity contribution >= 4 is 11.3 Å². The Kier molecular flexibility index (Phi) is 5.96. The van der Waals surface area contributed by atoms with E-state index in [2.05, 4.69) is 59.1 Å². The molecule has 0 aliphatic rings. The van der Waals surface area contributed by atoms with Crippen molar-refractivity contribution in [1.29, 1.82) is 0 Å². The summed E-state index contributed by atoms with van der Waals surface area (Å²) >= 11 is 1.84. The number of likely N-dealkylation sites (N-methyl/N-ethyl adjacent to an activating group) is 2. The Balaban J connectivity index is 2.98. The van der Waals surface area contributed by atoms with Gasteiger partial charge in [-0.05, 0) is 47.8 Å². The highest BCUT2D eigenvalue weighted by Gasteiger charge is 2.37. The lowest BCUT2D eigenvalue weighted by atomic mass is 9.81. The first-order chi connectivity index (χ1) is 8.91. The highest BCUT2D eigenvalue weighted by atomic mass is 32.1. The van der Waals surface area contributed by atoms with Crippen LogP contribution in [0.4, 0.5) is 0 Å². The summed E-state index contributed by atoms with van der Waals surface area (Å²) in [7, 11) is 6.45. The molecule has 0 radical (unpaired) electrons. The van der Waals surface area contributed by atoms with Crippen LogP contribution in [0.25, 0.3) is 0 Å². The Labute approximate surface area is 122 Å². The zero-order valence-corrected chi connectivity index (χ0v) is 14.3. The van der Waals surface area contributed by atoms with E-state index in [1.165, 1.54) is 15.6 Å². The van der Waals surface area contributed by atoms with Gasteiger partial charge in [0.1, 0.15) is 0 Å². The van der Waals surface area contributed by atoms with Gasteiger partial charge in [0, 0.05) is 22.9 Å². The summed E-state index contributed by atoms with van der Waals surface area (Å²) in [4.78, 5) is 8.42. The Morgan fingerprint density at radius 2 is 1.84 bits per heavy atom. The first kappa shape index (κ1) is 16.6. The largest absolute Gasteiger partial charge is 0.315 e. The molecule has 1 heterocycles. The second-order valence-corrected chi connectivity index (χ2v) is 6.79. The van der Waals surface area contributed by atoms with Gasteiger partial charge in [0.15, 0.2) is 0 Å². The van der Waals surface area contributed by atoms with E-state index >= 15 is 0 Å². The molecular formula is C15H29N3S. The molecule has 3 nitrogen and oxygen atoms in total. The average Bonchev–Trinajstić information content (AvgIpc) is 2.68. The Morgan fingerprint density at radius 3 is 2.16 bits per heavy atom. The molecule has 1 aromatic heterocycles. The second-order valence-electron chi connectivity index (χ2n) is 5.50. The van der Waals surface area contributed by atoms with Gasteiger partial charge in [0.2, 0.25) is 0 Å². The number of nitrogens with one attached hydrogen (secondary N) is 1. The van der Waals surface area contributed by atoms with Crippen molar-refractivity contribution in [2.75, 3.05) is 21.1 Å². The van der Waals surface area contributed by atoms with Crippen LogP contribution in [-0.2, 0) is 6.42 Å². The summed E-state index contributed by atoms with van der Waals surface area (Å²) in [6.07, 6.45) is 3.30. The Morgan fingerprint density at radius 1 is 1.26 bits per heavy atom. The number of aryl methyl sites for hydroxylation is 2. The lowest BCUT2D eigenvalue weighted by molar-refractivity contribution is 0.0917. The average molecular weight is 283 g/mol. The van der Waals surface area contributed by atoms with Gasteiger partial charge in [-0.25, -0.2) is 4.98 Å². The lowest BCUT2D eigenvalue weighted by Gasteiger charge is -2.45. The molecule has 0 saturated carbocycles. The van der Waals surface area contributed by atoms with Gasteiger partial charge in [0.25, 0.3) is 0 Å². The molecule has 0 aliphatic carbocycles. The predicted octanol–water partition coefficient (Wildman–Crippen LogP) is 3.01. The molecule has 4 heteroatoms. The topological polar surface area (TPSA) is 28.2 Å². The van der Waals surface area contributed by atoms with Crippen LogP contribution in [0.1, 0.15) is 42.3 Å². The first-order valence-electron chi connectivity index (χ1n) is 7.18. The molecule has 19 heavy (non-hydrogen) atoms. The third-order valence-corrected chi connectivity index (χ3v) is 5.66. The minimum absolute atomic E-state index is 0.197. The van der Waals surface area contributed by atoms with Gasteiger partial charge in [0.05, 0.1) is 10.7 Å². The highest BCUT2D eigenvalue weighted by Crippen LogP contribution is 2.29.